The number of anilines is 1. The Hall–Kier alpha value is -2.55. The van der Waals surface area contributed by atoms with Crippen molar-refractivity contribution in [1.82, 2.24) is 9.78 Å². The summed E-state index contributed by atoms with van der Waals surface area (Å²) in [5.41, 5.74) is 5.96. The van der Waals surface area contributed by atoms with Crippen LogP contribution in [0.15, 0.2) is 53.1 Å². The van der Waals surface area contributed by atoms with Crippen molar-refractivity contribution in [2.75, 3.05) is 5.73 Å². The van der Waals surface area contributed by atoms with Gasteiger partial charge in [0.25, 0.3) is 0 Å². The van der Waals surface area contributed by atoms with Gasteiger partial charge < -0.3 is 10.8 Å². The molecule has 0 fully saturated rings. The van der Waals surface area contributed by atoms with Gasteiger partial charge in [-0.05, 0) is 72.1 Å². The van der Waals surface area contributed by atoms with Crippen molar-refractivity contribution in [1.29, 1.82) is 0 Å². The Kier molecular flexibility index (Phi) is 7.48. The Morgan fingerprint density at radius 1 is 1.16 bits per heavy atom. The maximum Gasteiger partial charge on any atom is 0.168 e. The minimum Gasteiger partial charge on any atom is -0.390 e. The third-order valence-electron chi connectivity index (χ3n) is 5.20. The van der Waals surface area contributed by atoms with E-state index in [0.29, 0.717) is 20.7 Å². The van der Waals surface area contributed by atoms with E-state index in [0.717, 1.165) is 0 Å². The van der Waals surface area contributed by atoms with Crippen LogP contribution in [0.4, 0.5) is 10.2 Å². The molecule has 0 saturated heterocycles. The summed E-state index contributed by atoms with van der Waals surface area (Å²) in [5, 5.41) is 15.1. The minimum atomic E-state index is -1.24. The smallest absolute Gasteiger partial charge is 0.168 e. The molecule has 0 amide bonds. The Balaban J connectivity index is 1.60. The zero-order valence-electron chi connectivity index (χ0n) is 17.3. The third-order valence-corrected chi connectivity index (χ3v) is 6.18. The molecule has 3 N–H and O–H groups in total. The first-order valence-electron chi connectivity index (χ1n) is 9.91. The van der Waals surface area contributed by atoms with E-state index in [4.69, 9.17) is 17.3 Å². The molecule has 32 heavy (non-hydrogen) atoms. The monoisotopic (exact) mass is 521 g/mol. The SMILES string of the molecule is CC(O)(CCC(=O)c1cnn(-c2ccc(F)cc2)c1N)CCC(=O)c1c(Cl)cccc1Br. The second-order valence-electron chi connectivity index (χ2n) is 7.77. The number of benzene rings is 2. The Morgan fingerprint density at radius 2 is 1.78 bits per heavy atom. The number of rotatable bonds is 9. The van der Waals surface area contributed by atoms with Crippen molar-refractivity contribution in [3.8, 4) is 5.69 Å². The van der Waals surface area contributed by atoms with E-state index in [1.807, 2.05) is 0 Å². The lowest BCUT2D eigenvalue weighted by atomic mass is 9.90. The Morgan fingerprint density at radius 3 is 2.41 bits per heavy atom. The number of carbonyl (C=O) groups is 2. The summed E-state index contributed by atoms with van der Waals surface area (Å²) in [5.74, 6) is -0.728. The van der Waals surface area contributed by atoms with E-state index in [9.17, 15) is 19.1 Å². The number of nitrogens with two attached hydrogens (primary N) is 1. The molecule has 0 spiro atoms. The highest BCUT2D eigenvalue weighted by atomic mass is 79.9. The molecule has 0 aliphatic rings. The molecule has 0 aliphatic heterocycles. The van der Waals surface area contributed by atoms with Gasteiger partial charge in [0.2, 0.25) is 0 Å². The van der Waals surface area contributed by atoms with Gasteiger partial charge in [0, 0.05) is 17.3 Å². The van der Waals surface area contributed by atoms with Crippen LogP contribution in [0.3, 0.4) is 0 Å². The predicted octanol–water partition coefficient (Wildman–Crippen LogP) is 5.39. The molecule has 9 heteroatoms. The summed E-state index contributed by atoms with van der Waals surface area (Å²) in [6.45, 7) is 1.58. The summed E-state index contributed by atoms with van der Waals surface area (Å²) in [4.78, 5) is 25.2. The van der Waals surface area contributed by atoms with Gasteiger partial charge in [-0.1, -0.05) is 17.7 Å². The van der Waals surface area contributed by atoms with E-state index in [2.05, 4.69) is 21.0 Å². The van der Waals surface area contributed by atoms with Crippen molar-refractivity contribution >= 4 is 44.9 Å². The van der Waals surface area contributed by atoms with Gasteiger partial charge in [0.05, 0.1) is 33.6 Å². The fraction of sp³-hybridized carbons (Fsp3) is 0.261. The zero-order valence-corrected chi connectivity index (χ0v) is 19.7. The van der Waals surface area contributed by atoms with Crippen LogP contribution in [0.2, 0.25) is 5.02 Å². The molecule has 0 bridgehead atoms. The van der Waals surface area contributed by atoms with Gasteiger partial charge in [-0.3, -0.25) is 9.59 Å². The number of ketones is 2. The van der Waals surface area contributed by atoms with Crippen LogP contribution in [0.1, 0.15) is 53.3 Å². The lowest BCUT2D eigenvalue weighted by Crippen LogP contribution is -2.26. The predicted molar refractivity (Wildman–Crippen MR) is 125 cm³/mol. The van der Waals surface area contributed by atoms with Gasteiger partial charge in [0.15, 0.2) is 11.6 Å². The molecule has 168 valence electrons. The van der Waals surface area contributed by atoms with Gasteiger partial charge in [-0.15, -0.1) is 0 Å². The van der Waals surface area contributed by atoms with E-state index in [1.165, 1.54) is 35.1 Å². The fourth-order valence-electron chi connectivity index (χ4n) is 3.28. The molecule has 2 aromatic carbocycles. The van der Waals surface area contributed by atoms with Crippen LogP contribution in [-0.2, 0) is 0 Å². The molecule has 1 unspecified atom stereocenters. The summed E-state index contributed by atoms with van der Waals surface area (Å²) in [6.07, 6.45) is 1.77. The first-order chi connectivity index (χ1) is 15.1. The van der Waals surface area contributed by atoms with E-state index in [1.54, 1.807) is 25.1 Å². The standard InChI is InChI=1S/C23H22BrClFN3O3/c1-23(32,12-10-20(31)21-17(24)3-2-4-18(21)25)11-9-19(30)16-13-28-29(22(16)27)15-7-5-14(26)6-8-15/h2-8,13,32H,9-12,27H2,1H3. The van der Waals surface area contributed by atoms with E-state index in [-0.39, 0.29) is 48.6 Å². The average Bonchev–Trinajstić information content (AvgIpc) is 3.12. The lowest BCUT2D eigenvalue weighted by Gasteiger charge is -2.22. The van der Waals surface area contributed by atoms with Crippen LogP contribution < -0.4 is 5.73 Å². The minimum absolute atomic E-state index is 0.0241. The number of hydrogen-bond donors (Lipinski definition) is 2. The zero-order chi connectivity index (χ0) is 23.5. The van der Waals surface area contributed by atoms with Crippen LogP contribution in [0.25, 0.3) is 5.69 Å². The molecule has 0 aliphatic carbocycles. The van der Waals surface area contributed by atoms with Gasteiger partial charge >= 0.3 is 0 Å². The van der Waals surface area contributed by atoms with Crippen LogP contribution in [-0.4, -0.2) is 32.1 Å². The molecule has 0 saturated carbocycles. The number of hydrogen-bond acceptors (Lipinski definition) is 5. The van der Waals surface area contributed by atoms with Crippen molar-refractivity contribution in [2.45, 2.75) is 38.2 Å². The van der Waals surface area contributed by atoms with Crippen molar-refractivity contribution in [3.05, 3.63) is 75.1 Å². The van der Waals surface area contributed by atoms with Gasteiger partial charge in [0.1, 0.15) is 11.6 Å². The fourth-order valence-corrected chi connectivity index (χ4v) is 4.26. The molecular formula is C23H22BrClFN3O3. The molecule has 3 rings (SSSR count). The molecule has 1 heterocycles. The van der Waals surface area contributed by atoms with E-state index >= 15 is 0 Å². The highest BCUT2D eigenvalue weighted by molar-refractivity contribution is 9.10. The Labute approximate surface area is 198 Å². The van der Waals surface area contributed by atoms with Crippen LogP contribution in [0.5, 0.6) is 0 Å². The molecule has 0 radical (unpaired) electrons. The van der Waals surface area contributed by atoms with Gasteiger partial charge in [-0.25, -0.2) is 9.07 Å². The number of aliphatic hydroxyl groups is 1. The van der Waals surface area contributed by atoms with Crippen molar-refractivity contribution in [2.24, 2.45) is 0 Å². The van der Waals surface area contributed by atoms with Crippen LogP contribution in [0, 0.1) is 5.82 Å². The normalized spacial score (nSPS) is 13.0. The number of aromatic nitrogens is 2. The summed E-state index contributed by atoms with van der Waals surface area (Å²) in [6, 6.07) is 10.7. The maximum absolute atomic E-state index is 13.1. The topological polar surface area (TPSA) is 98.2 Å². The first-order valence-corrected chi connectivity index (χ1v) is 11.1. The summed E-state index contributed by atoms with van der Waals surface area (Å²) >= 11 is 9.44. The quantitative estimate of drug-likeness (QED) is 0.367. The molecule has 1 aromatic heterocycles. The lowest BCUT2D eigenvalue weighted by molar-refractivity contribution is 0.0359. The first kappa shape index (κ1) is 24.1. The molecule has 6 nitrogen and oxygen atoms in total. The third kappa shape index (κ3) is 5.62. The Bertz CT molecular complexity index is 1130. The molecule has 1 atom stereocenters. The van der Waals surface area contributed by atoms with Crippen LogP contribution >= 0.6 is 27.5 Å². The van der Waals surface area contributed by atoms with Crippen molar-refractivity contribution < 1.29 is 19.1 Å². The summed E-state index contributed by atoms with van der Waals surface area (Å²) < 4.78 is 15.1. The number of Topliss-reactive ketones (excluding diaryl/α,β-unsaturated/α-hetero) is 2. The summed E-state index contributed by atoms with van der Waals surface area (Å²) in [7, 11) is 0. The molecule has 3 aromatic rings. The van der Waals surface area contributed by atoms with Gasteiger partial charge in [-0.2, -0.15) is 5.10 Å². The largest absolute Gasteiger partial charge is 0.390 e. The van der Waals surface area contributed by atoms with E-state index < -0.39 is 11.4 Å². The maximum atomic E-state index is 13.1. The number of nitrogen functional groups attached to an aromatic ring is 1. The second kappa shape index (κ2) is 9.94. The number of halogens is 3. The highest BCUT2D eigenvalue weighted by Gasteiger charge is 2.26. The molecular weight excluding hydrogens is 501 g/mol. The average molecular weight is 523 g/mol. The number of carbonyl (C=O) groups excluding carboxylic acids is 2. The number of nitrogens with zero attached hydrogens (tertiary/aromatic N) is 2. The van der Waals surface area contributed by atoms with Crippen molar-refractivity contribution in [3.63, 3.8) is 0 Å². The highest BCUT2D eigenvalue weighted by Crippen LogP contribution is 2.29. The second-order valence-corrected chi connectivity index (χ2v) is 9.03.